The Morgan fingerprint density at radius 3 is 1.68 bits per heavy atom. The lowest BCUT2D eigenvalue weighted by Gasteiger charge is -2.37. The van der Waals surface area contributed by atoms with Gasteiger partial charge in [0, 0.05) is 0 Å². The average molecular weight is 378 g/mol. The van der Waals surface area contributed by atoms with Gasteiger partial charge in [-0.15, -0.1) is 0 Å². The molecular weight excluding hydrogens is 354 g/mol. The van der Waals surface area contributed by atoms with E-state index in [1.165, 1.54) is 0 Å². The van der Waals surface area contributed by atoms with Crippen molar-refractivity contribution in [2.24, 2.45) is 17.3 Å². The lowest BCUT2D eigenvalue weighted by atomic mass is 9.76. The smallest absolute Gasteiger partial charge is 0.426 e. The zero-order valence-corrected chi connectivity index (χ0v) is 14.4. The summed E-state index contributed by atoms with van der Waals surface area (Å²) >= 11 is 0. The molecule has 0 unspecified atom stereocenters. The van der Waals surface area contributed by atoms with E-state index in [0.29, 0.717) is 12.8 Å². The minimum atomic E-state index is -5.77. The molecule has 1 aliphatic rings. The zero-order valence-electron chi connectivity index (χ0n) is 14.4. The van der Waals surface area contributed by atoms with Crippen molar-refractivity contribution in [2.45, 2.75) is 70.8 Å². The highest BCUT2D eigenvalue weighted by atomic mass is 19.4. The highest BCUT2D eigenvalue weighted by molar-refractivity contribution is 5.75. The Hall–Kier alpha value is -0.990. The van der Waals surface area contributed by atoms with E-state index in [2.05, 4.69) is 0 Å². The molecule has 148 valence electrons. The molecule has 3 nitrogen and oxygen atoms in total. The highest BCUT2D eigenvalue weighted by Gasteiger charge is 2.70. The molecule has 1 fully saturated rings. The first-order chi connectivity index (χ1) is 11.1. The predicted molar refractivity (Wildman–Crippen MR) is 77.5 cm³/mol. The van der Waals surface area contributed by atoms with Crippen LogP contribution < -0.4 is 0 Å². The molecule has 0 spiro atoms. The second-order valence-corrected chi connectivity index (χ2v) is 7.80. The number of hydrogen-bond acceptors (Lipinski definition) is 3. The summed E-state index contributed by atoms with van der Waals surface area (Å²) in [6, 6.07) is 0. The standard InChI is InChI=1S/C16H24F6O3/c1-13(2,3)12(23)25-9-11-6-4-10(5-7-11)8-14(24,15(17,18)19)16(20,21)22/h10-11,24H,4-9H2,1-3H3. The van der Waals surface area contributed by atoms with Gasteiger partial charge in [0.05, 0.1) is 12.0 Å². The third-order valence-electron chi connectivity index (χ3n) is 4.55. The van der Waals surface area contributed by atoms with Crippen LogP contribution in [0.2, 0.25) is 0 Å². The molecule has 0 amide bonds. The van der Waals surface area contributed by atoms with Crippen molar-refractivity contribution in [3.63, 3.8) is 0 Å². The topological polar surface area (TPSA) is 46.5 Å². The van der Waals surface area contributed by atoms with Gasteiger partial charge in [0.15, 0.2) is 0 Å². The molecule has 0 aromatic carbocycles. The van der Waals surface area contributed by atoms with Crippen molar-refractivity contribution in [3.05, 3.63) is 0 Å². The minimum Gasteiger partial charge on any atom is -0.465 e. The molecule has 9 heteroatoms. The number of carbonyl (C=O) groups is 1. The molecule has 1 saturated carbocycles. The van der Waals surface area contributed by atoms with Crippen LogP contribution in [-0.4, -0.2) is 35.6 Å². The van der Waals surface area contributed by atoms with Gasteiger partial charge in [-0.3, -0.25) is 4.79 Å². The first kappa shape index (κ1) is 22.1. The van der Waals surface area contributed by atoms with E-state index in [1.54, 1.807) is 20.8 Å². The van der Waals surface area contributed by atoms with Gasteiger partial charge in [-0.05, 0) is 64.7 Å². The molecule has 0 radical (unpaired) electrons. The first-order valence-corrected chi connectivity index (χ1v) is 8.11. The van der Waals surface area contributed by atoms with E-state index in [-0.39, 0.29) is 25.4 Å². The Morgan fingerprint density at radius 1 is 0.920 bits per heavy atom. The van der Waals surface area contributed by atoms with Crippen molar-refractivity contribution < 1.29 is 41.0 Å². The lowest BCUT2D eigenvalue weighted by molar-refractivity contribution is -0.373. The van der Waals surface area contributed by atoms with Crippen LogP contribution in [0, 0.1) is 17.3 Å². The van der Waals surface area contributed by atoms with E-state index >= 15 is 0 Å². The van der Waals surface area contributed by atoms with Crippen LogP contribution in [0.5, 0.6) is 0 Å². The van der Waals surface area contributed by atoms with E-state index in [1.807, 2.05) is 0 Å². The molecule has 0 bridgehead atoms. The second kappa shape index (κ2) is 7.32. The maximum atomic E-state index is 12.7. The van der Waals surface area contributed by atoms with Crippen LogP contribution in [-0.2, 0) is 9.53 Å². The molecule has 0 aliphatic heterocycles. The maximum absolute atomic E-state index is 12.7. The molecule has 0 atom stereocenters. The van der Waals surface area contributed by atoms with Gasteiger partial charge in [0.25, 0.3) is 5.60 Å². The zero-order chi connectivity index (χ0) is 19.7. The normalized spacial score (nSPS) is 23.4. The molecule has 1 N–H and O–H groups in total. The average Bonchev–Trinajstić information content (AvgIpc) is 2.42. The fourth-order valence-corrected chi connectivity index (χ4v) is 2.82. The van der Waals surface area contributed by atoms with Crippen molar-refractivity contribution >= 4 is 5.97 Å². The van der Waals surface area contributed by atoms with Crippen molar-refractivity contribution in [2.75, 3.05) is 6.61 Å². The van der Waals surface area contributed by atoms with E-state index < -0.39 is 41.7 Å². The summed E-state index contributed by atoms with van der Waals surface area (Å²) in [4.78, 5) is 11.7. The molecule has 25 heavy (non-hydrogen) atoms. The fraction of sp³-hybridized carbons (Fsp3) is 0.938. The first-order valence-electron chi connectivity index (χ1n) is 8.11. The number of halogens is 6. The third-order valence-corrected chi connectivity index (χ3v) is 4.55. The van der Waals surface area contributed by atoms with Crippen LogP contribution in [0.3, 0.4) is 0 Å². The number of aliphatic hydroxyl groups is 1. The number of hydrogen-bond donors (Lipinski definition) is 1. The van der Waals surface area contributed by atoms with E-state index in [9.17, 15) is 36.2 Å². The SMILES string of the molecule is CC(C)(C)C(=O)OCC1CCC(CC(O)(C(F)(F)F)C(F)(F)F)CC1. The summed E-state index contributed by atoms with van der Waals surface area (Å²) < 4.78 is 81.5. The van der Waals surface area contributed by atoms with Crippen LogP contribution in [0.1, 0.15) is 52.9 Å². The Labute approximate surface area is 142 Å². The maximum Gasteiger partial charge on any atom is 0.426 e. The molecule has 0 heterocycles. The molecule has 1 aliphatic carbocycles. The number of alkyl halides is 6. The van der Waals surface area contributed by atoms with Gasteiger partial charge in [-0.25, -0.2) is 0 Å². The Bertz CT molecular complexity index is 442. The van der Waals surface area contributed by atoms with Gasteiger partial charge in [0.1, 0.15) is 0 Å². The Kier molecular flexibility index (Phi) is 6.46. The van der Waals surface area contributed by atoms with Gasteiger partial charge >= 0.3 is 18.3 Å². The van der Waals surface area contributed by atoms with Gasteiger partial charge in [-0.1, -0.05) is 0 Å². The summed E-state index contributed by atoms with van der Waals surface area (Å²) in [6.07, 6.45) is -12.0. The predicted octanol–water partition coefficient (Wildman–Crippen LogP) is 4.63. The van der Waals surface area contributed by atoms with Gasteiger partial charge in [0.2, 0.25) is 0 Å². The summed E-state index contributed by atoms with van der Waals surface area (Å²) in [5, 5.41) is 9.25. The van der Waals surface area contributed by atoms with Crippen LogP contribution >= 0.6 is 0 Å². The highest BCUT2D eigenvalue weighted by Crippen LogP contribution is 2.48. The fourth-order valence-electron chi connectivity index (χ4n) is 2.82. The van der Waals surface area contributed by atoms with E-state index in [0.717, 1.165) is 0 Å². The molecule has 0 saturated heterocycles. The summed E-state index contributed by atoms with van der Waals surface area (Å²) in [5.74, 6) is -1.38. The largest absolute Gasteiger partial charge is 0.465 e. The lowest BCUT2D eigenvalue weighted by Crippen LogP contribution is -2.57. The van der Waals surface area contributed by atoms with E-state index in [4.69, 9.17) is 4.74 Å². The van der Waals surface area contributed by atoms with Crippen LogP contribution in [0.15, 0.2) is 0 Å². The van der Waals surface area contributed by atoms with Crippen LogP contribution in [0.25, 0.3) is 0 Å². The minimum absolute atomic E-state index is 0.0904. The Balaban J connectivity index is 2.58. The van der Waals surface area contributed by atoms with Gasteiger partial charge < -0.3 is 9.84 Å². The monoisotopic (exact) mass is 378 g/mol. The molecular formula is C16H24F6O3. The quantitative estimate of drug-likeness (QED) is 0.573. The molecule has 1 rings (SSSR count). The Morgan fingerprint density at radius 2 is 1.32 bits per heavy atom. The van der Waals surface area contributed by atoms with Crippen molar-refractivity contribution in [3.8, 4) is 0 Å². The number of rotatable bonds is 4. The number of ether oxygens (including phenoxy) is 1. The summed E-state index contributed by atoms with van der Waals surface area (Å²) in [7, 11) is 0. The second-order valence-electron chi connectivity index (χ2n) is 7.80. The number of esters is 1. The third kappa shape index (κ3) is 5.49. The van der Waals surface area contributed by atoms with Gasteiger partial charge in [-0.2, -0.15) is 26.3 Å². The number of carbonyl (C=O) groups excluding carboxylic acids is 1. The summed E-state index contributed by atoms with van der Waals surface area (Å²) in [5.41, 5.74) is -5.36. The van der Waals surface area contributed by atoms with Crippen LogP contribution in [0.4, 0.5) is 26.3 Å². The molecule has 0 aromatic rings. The summed E-state index contributed by atoms with van der Waals surface area (Å²) in [6.45, 7) is 5.15. The van der Waals surface area contributed by atoms with Crippen molar-refractivity contribution in [1.29, 1.82) is 0 Å². The molecule has 0 aromatic heterocycles. The van der Waals surface area contributed by atoms with Crippen molar-refractivity contribution in [1.82, 2.24) is 0 Å².